The van der Waals surface area contributed by atoms with Gasteiger partial charge in [0.2, 0.25) is 10.0 Å². The predicted molar refractivity (Wildman–Crippen MR) is 72.3 cm³/mol. The summed E-state index contributed by atoms with van der Waals surface area (Å²) < 4.78 is 53.7. The van der Waals surface area contributed by atoms with Crippen LogP contribution in [0.2, 0.25) is 0 Å². The second-order valence-electron chi connectivity index (χ2n) is 4.12. The van der Waals surface area contributed by atoms with Gasteiger partial charge in [-0.2, -0.15) is 8.78 Å². The molecule has 1 atom stereocenters. The maximum Gasteiger partial charge on any atom is 0.387 e. The second kappa shape index (κ2) is 7.51. The van der Waals surface area contributed by atoms with E-state index < -0.39 is 16.6 Å². The van der Waals surface area contributed by atoms with Crippen LogP contribution in [0, 0.1) is 0 Å². The molecule has 0 aliphatic rings. The molecule has 2 N–H and O–H groups in total. The highest BCUT2D eigenvalue weighted by molar-refractivity contribution is 7.89. The molecule has 0 heterocycles. The number of alkyl halides is 2. The van der Waals surface area contributed by atoms with E-state index in [0.717, 1.165) is 0 Å². The van der Waals surface area contributed by atoms with Crippen LogP contribution in [0.4, 0.5) is 8.78 Å². The first-order valence-corrected chi connectivity index (χ1v) is 7.69. The summed E-state index contributed by atoms with van der Waals surface area (Å²) in [6, 6.07) is 6.10. The van der Waals surface area contributed by atoms with Crippen molar-refractivity contribution in [2.24, 2.45) is 0 Å². The molecule has 1 unspecified atom stereocenters. The smallest absolute Gasteiger partial charge is 0.387 e. The first-order chi connectivity index (χ1) is 9.35. The van der Waals surface area contributed by atoms with Crippen LogP contribution in [0.3, 0.4) is 0 Å². The van der Waals surface area contributed by atoms with Crippen molar-refractivity contribution in [2.45, 2.75) is 19.6 Å². The van der Waals surface area contributed by atoms with Gasteiger partial charge in [0.05, 0.1) is 5.75 Å². The molecule has 0 aliphatic carbocycles. The summed E-state index contributed by atoms with van der Waals surface area (Å²) in [7, 11) is -1.95. The molecule has 0 radical (unpaired) electrons. The zero-order valence-corrected chi connectivity index (χ0v) is 12.1. The topological polar surface area (TPSA) is 67.4 Å². The average molecular weight is 308 g/mol. The van der Waals surface area contributed by atoms with Crippen LogP contribution in [0.5, 0.6) is 5.75 Å². The number of halogens is 2. The summed E-state index contributed by atoms with van der Waals surface area (Å²) in [6.07, 6.45) is 0. The third-order valence-electron chi connectivity index (χ3n) is 2.73. The normalized spacial score (nSPS) is 13.4. The predicted octanol–water partition coefficient (Wildman–Crippen LogP) is 1.49. The quantitative estimate of drug-likeness (QED) is 0.763. The number of hydrogen-bond acceptors (Lipinski definition) is 4. The van der Waals surface area contributed by atoms with E-state index in [-0.39, 0.29) is 24.1 Å². The molecule has 0 saturated heterocycles. The molecule has 0 saturated carbocycles. The van der Waals surface area contributed by atoms with Crippen molar-refractivity contribution < 1.29 is 21.9 Å². The third-order valence-corrected chi connectivity index (χ3v) is 4.10. The zero-order chi connectivity index (χ0) is 15.2. The van der Waals surface area contributed by atoms with Crippen molar-refractivity contribution in [3.05, 3.63) is 29.8 Å². The second-order valence-corrected chi connectivity index (χ2v) is 6.16. The zero-order valence-electron chi connectivity index (χ0n) is 11.3. The van der Waals surface area contributed by atoms with Gasteiger partial charge in [-0.15, -0.1) is 0 Å². The first kappa shape index (κ1) is 16.8. The van der Waals surface area contributed by atoms with Gasteiger partial charge in [0, 0.05) is 18.2 Å². The van der Waals surface area contributed by atoms with E-state index in [1.54, 1.807) is 25.1 Å². The van der Waals surface area contributed by atoms with Crippen molar-refractivity contribution in [3.63, 3.8) is 0 Å². The fraction of sp³-hybridized carbons (Fsp3) is 0.500. The Morgan fingerprint density at radius 1 is 1.30 bits per heavy atom. The number of ether oxygens (including phenoxy) is 1. The number of nitrogens with one attached hydrogen (secondary N) is 2. The van der Waals surface area contributed by atoms with Gasteiger partial charge in [0.1, 0.15) is 5.75 Å². The molecule has 1 rings (SSSR count). The van der Waals surface area contributed by atoms with Crippen LogP contribution in [-0.2, 0) is 10.0 Å². The Bertz CT molecular complexity index is 523. The first-order valence-electron chi connectivity index (χ1n) is 6.04. The number of para-hydroxylation sites is 1. The highest BCUT2D eigenvalue weighted by atomic mass is 32.2. The highest BCUT2D eigenvalue weighted by Crippen LogP contribution is 2.26. The number of rotatable bonds is 8. The molecule has 0 aliphatic heterocycles. The molecule has 1 aromatic carbocycles. The molecule has 5 nitrogen and oxygen atoms in total. The van der Waals surface area contributed by atoms with Gasteiger partial charge in [-0.1, -0.05) is 18.2 Å². The van der Waals surface area contributed by atoms with Crippen LogP contribution < -0.4 is 14.8 Å². The average Bonchev–Trinajstić information content (AvgIpc) is 2.38. The van der Waals surface area contributed by atoms with Crippen LogP contribution >= 0.6 is 0 Å². The SMILES string of the molecule is CNS(=O)(=O)CCNC(C)c1ccccc1OC(F)F. The van der Waals surface area contributed by atoms with E-state index in [1.165, 1.54) is 13.1 Å². The lowest BCUT2D eigenvalue weighted by Crippen LogP contribution is -2.31. The van der Waals surface area contributed by atoms with Crippen LogP contribution in [-0.4, -0.2) is 34.4 Å². The monoisotopic (exact) mass is 308 g/mol. The summed E-state index contributed by atoms with van der Waals surface area (Å²) in [5.41, 5.74) is 0.551. The Morgan fingerprint density at radius 2 is 1.95 bits per heavy atom. The van der Waals surface area contributed by atoms with Crippen molar-refractivity contribution in [3.8, 4) is 5.75 Å². The lowest BCUT2D eigenvalue weighted by atomic mass is 10.1. The molecule has 20 heavy (non-hydrogen) atoms. The Balaban J connectivity index is 2.65. The van der Waals surface area contributed by atoms with Crippen molar-refractivity contribution in [2.75, 3.05) is 19.3 Å². The summed E-state index contributed by atoms with van der Waals surface area (Å²) in [5.74, 6) is -0.00917. The lowest BCUT2D eigenvalue weighted by molar-refractivity contribution is -0.0506. The number of hydrogen-bond donors (Lipinski definition) is 2. The van der Waals surface area contributed by atoms with Crippen molar-refractivity contribution >= 4 is 10.0 Å². The van der Waals surface area contributed by atoms with Crippen LogP contribution in [0.25, 0.3) is 0 Å². The number of sulfonamides is 1. The van der Waals surface area contributed by atoms with Gasteiger partial charge in [-0.3, -0.25) is 0 Å². The minimum Gasteiger partial charge on any atom is -0.434 e. The highest BCUT2D eigenvalue weighted by Gasteiger charge is 2.15. The summed E-state index contributed by atoms with van der Waals surface area (Å²) in [4.78, 5) is 0. The largest absolute Gasteiger partial charge is 0.434 e. The van der Waals surface area contributed by atoms with E-state index in [9.17, 15) is 17.2 Å². The molecule has 0 spiro atoms. The van der Waals surface area contributed by atoms with Gasteiger partial charge < -0.3 is 10.1 Å². The molecular formula is C12H18F2N2O3S. The Hall–Kier alpha value is -1.25. The summed E-state index contributed by atoms with van der Waals surface area (Å²) >= 11 is 0. The van der Waals surface area contributed by atoms with Gasteiger partial charge in [0.15, 0.2) is 0 Å². The van der Waals surface area contributed by atoms with Gasteiger partial charge in [-0.25, -0.2) is 13.1 Å². The van der Waals surface area contributed by atoms with Gasteiger partial charge in [-0.05, 0) is 20.0 Å². The summed E-state index contributed by atoms with van der Waals surface area (Å²) in [6.45, 7) is -0.944. The van der Waals surface area contributed by atoms with E-state index >= 15 is 0 Å². The van der Waals surface area contributed by atoms with E-state index in [4.69, 9.17) is 0 Å². The van der Waals surface area contributed by atoms with E-state index in [2.05, 4.69) is 14.8 Å². The molecule has 8 heteroatoms. The molecular weight excluding hydrogens is 290 g/mol. The third kappa shape index (κ3) is 5.40. The van der Waals surface area contributed by atoms with E-state index in [0.29, 0.717) is 5.56 Å². The molecule has 114 valence electrons. The fourth-order valence-electron chi connectivity index (χ4n) is 1.66. The van der Waals surface area contributed by atoms with Crippen LogP contribution in [0.15, 0.2) is 24.3 Å². The summed E-state index contributed by atoms with van der Waals surface area (Å²) in [5, 5.41) is 2.96. The number of benzene rings is 1. The molecule has 1 aromatic rings. The molecule has 0 fully saturated rings. The van der Waals surface area contributed by atoms with E-state index in [1.807, 2.05) is 0 Å². The maximum atomic E-state index is 12.3. The van der Waals surface area contributed by atoms with Crippen molar-refractivity contribution in [1.29, 1.82) is 0 Å². The molecule has 0 bridgehead atoms. The minimum absolute atomic E-state index is 0.0824. The Morgan fingerprint density at radius 3 is 2.55 bits per heavy atom. The minimum atomic E-state index is -3.29. The van der Waals surface area contributed by atoms with Gasteiger partial charge >= 0.3 is 6.61 Å². The standard InChI is InChI=1S/C12H18F2N2O3S/c1-9(16-7-8-20(17,18)15-2)10-5-3-4-6-11(10)19-12(13)14/h3-6,9,12,15-16H,7-8H2,1-2H3. The van der Waals surface area contributed by atoms with Crippen molar-refractivity contribution in [1.82, 2.24) is 10.0 Å². The molecule has 0 aromatic heterocycles. The molecule has 0 amide bonds. The lowest BCUT2D eigenvalue weighted by Gasteiger charge is -2.18. The van der Waals surface area contributed by atoms with Crippen LogP contribution in [0.1, 0.15) is 18.5 Å². The van der Waals surface area contributed by atoms with Gasteiger partial charge in [0.25, 0.3) is 0 Å². The Kier molecular flexibility index (Phi) is 6.31. The fourth-order valence-corrected chi connectivity index (χ4v) is 2.25. The maximum absolute atomic E-state index is 12.3. The Labute approximate surface area is 117 Å².